The van der Waals surface area contributed by atoms with Gasteiger partial charge in [-0.25, -0.2) is 4.98 Å². The molecule has 1 heterocycles. The third-order valence-corrected chi connectivity index (χ3v) is 5.56. The minimum Gasteiger partial charge on any atom is -0.312 e. The van der Waals surface area contributed by atoms with Gasteiger partial charge in [0.05, 0.1) is 11.4 Å². The molecule has 0 fully saturated rings. The van der Waals surface area contributed by atoms with Crippen LogP contribution in [0.4, 0.5) is 0 Å². The van der Waals surface area contributed by atoms with Gasteiger partial charge in [-0.05, 0) is 36.7 Å². The summed E-state index contributed by atoms with van der Waals surface area (Å²) < 4.78 is 0. The SMILES string of the molecule is CCNCc1sc(CSc2ccc(Cl)cc2)nc1C(C)C. The molecular weight excluding hydrogens is 320 g/mol. The minimum absolute atomic E-state index is 0.476. The second-order valence-electron chi connectivity index (χ2n) is 5.09. The normalized spacial score (nSPS) is 11.3. The Morgan fingerprint density at radius 1 is 1.29 bits per heavy atom. The summed E-state index contributed by atoms with van der Waals surface area (Å²) >= 11 is 9.55. The van der Waals surface area contributed by atoms with E-state index >= 15 is 0 Å². The number of hydrogen-bond donors (Lipinski definition) is 1. The molecule has 5 heteroatoms. The molecule has 0 saturated carbocycles. The largest absolute Gasteiger partial charge is 0.312 e. The molecule has 114 valence electrons. The van der Waals surface area contributed by atoms with Crippen LogP contribution in [-0.2, 0) is 12.3 Å². The third-order valence-electron chi connectivity index (χ3n) is 3.03. The van der Waals surface area contributed by atoms with Crippen LogP contribution in [0.15, 0.2) is 29.2 Å². The molecule has 0 aliphatic rings. The van der Waals surface area contributed by atoms with Crippen molar-refractivity contribution in [1.82, 2.24) is 10.3 Å². The number of rotatable bonds is 7. The Kier molecular flexibility index (Phi) is 6.55. The molecule has 0 aliphatic carbocycles. The zero-order valence-corrected chi connectivity index (χ0v) is 15.0. The highest BCUT2D eigenvalue weighted by atomic mass is 35.5. The molecule has 0 radical (unpaired) electrons. The van der Waals surface area contributed by atoms with Gasteiger partial charge in [0.1, 0.15) is 5.01 Å². The third kappa shape index (κ3) is 4.99. The highest BCUT2D eigenvalue weighted by molar-refractivity contribution is 7.98. The quantitative estimate of drug-likeness (QED) is 0.690. The molecule has 1 N–H and O–H groups in total. The maximum Gasteiger partial charge on any atom is 0.103 e. The van der Waals surface area contributed by atoms with Crippen molar-refractivity contribution in [2.24, 2.45) is 0 Å². The van der Waals surface area contributed by atoms with Crippen LogP contribution in [0.1, 0.15) is 42.3 Å². The standard InChI is InChI=1S/C16H21ClN2S2/c1-4-18-9-14-16(11(2)3)19-15(21-14)10-20-13-7-5-12(17)6-8-13/h5-8,11,18H,4,9-10H2,1-3H3. The summed E-state index contributed by atoms with van der Waals surface area (Å²) in [7, 11) is 0. The molecule has 2 rings (SSSR count). The van der Waals surface area contributed by atoms with E-state index in [-0.39, 0.29) is 0 Å². The van der Waals surface area contributed by atoms with Crippen molar-refractivity contribution in [3.05, 3.63) is 44.9 Å². The van der Waals surface area contributed by atoms with Gasteiger partial charge in [0.15, 0.2) is 0 Å². The summed E-state index contributed by atoms with van der Waals surface area (Å²) in [5, 5.41) is 5.38. The molecule has 1 aromatic carbocycles. The molecule has 0 bridgehead atoms. The Morgan fingerprint density at radius 3 is 2.62 bits per heavy atom. The molecule has 0 spiro atoms. The van der Waals surface area contributed by atoms with E-state index in [1.807, 2.05) is 35.2 Å². The highest BCUT2D eigenvalue weighted by Gasteiger charge is 2.14. The van der Waals surface area contributed by atoms with Crippen molar-refractivity contribution in [2.75, 3.05) is 6.54 Å². The van der Waals surface area contributed by atoms with Crippen LogP contribution < -0.4 is 5.32 Å². The molecular formula is C16H21ClN2S2. The van der Waals surface area contributed by atoms with Crippen molar-refractivity contribution in [1.29, 1.82) is 0 Å². The maximum atomic E-state index is 5.91. The first-order chi connectivity index (χ1) is 10.1. The topological polar surface area (TPSA) is 24.9 Å². The van der Waals surface area contributed by atoms with E-state index in [4.69, 9.17) is 16.6 Å². The van der Waals surface area contributed by atoms with Gasteiger partial charge in [0, 0.05) is 21.3 Å². The lowest BCUT2D eigenvalue weighted by Crippen LogP contribution is -2.12. The number of aromatic nitrogens is 1. The lowest BCUT2D eigenvalue weighted by atomic mass is 10.1. The van der Waals surface area contributed by atoms with Gasteiger partial charge in [0.2, 0.25) is 0 Å². The van der Waals surface area contributed by atoms with Gasteiger partial charge in [-0.1, -0.05) is 32.4 Å². The number of thiazole rings is 1. The number of hydrogen-bond acceptors (Lipinski definition) is 4. The summed E-state index contributed by atoms with van der Waals surface area (Å²) in [4.78, 5) is 7.43. The number of benzene rings is 1. The summed E-state index contributed by atoms with van der Waals surface area (Å²) in [5.74, 6) is 1.39. The van der Waals surface area contributed by atoms with E-state index in [1.54, 1.807) is 0 Å². The molecule has 0 saturated heterocycles. The van der Waals surface area contributed by atoms with Crippen LogP contribution in [0.3, 0.4) is 0 Å². The maximum absolute atomic E-state index is 5.91. The van der Waals surface area contributed by atoms with Crippen LogP contribution in [0.5, 0.6) is 0 Å². The average molecular weight is 341 g/mol. The van der Waals surface area contributed by atoms with Gasteiger partial charge >= 0.3 is 0 Å². The van der Waals surface area contributed by atoms with Crippen molar-refractivity contribution < 1.29 is 0 Å². The number of nitrogens with zero attached hydrogens (tertiary/aromatic N) is 1. The first-order valence-corrected chi connectivity index (χ1v) is 9.35. The van der Waals surface area contributed by atoms with Crippen molar-refractivity contribution in [2.45, 2.75) is 43.9 Å². The van der Waals surface area contributed by atoms with E-state index < -0.39 is 0 Å². The van der Waals surface area contributed by atoms with Crippen LogP contribution in [0, 0.1) is 0 Å². The van der Waals surface area contributed by atoms with E-state index in [2.05, 4.69) is 38.2 Å². The van der Waals surface area contributed by atoms with Gasteiger partial charge in [-0.15, -0.1) is 23.1 Å². The lowest BCUT2D eigenvalue weighted by molar-refractivity contribution is 0.713. The Balaban J connectivity index is 2.04. The Labute approximate surface area is 140 Å². The van der Waals surface area contributed by atoms with Crippen LogP contribution >= 0.6 is 34.7 Å². The summed E-state index contributed by atoms with van der Waals surface area (Å²) in [5.41, 5.74) is 1.24. The summed E-state index contributed by atoms with van der Waals surface area (Å²) in [6, 6.07) is 7.98. The first-order valence-electron chi connectivity index (χ1n) is 7.17. The van der Waals surface area contributed by atoms with Crippen molar-refractivity contribution in [3.63, 3.8) is 0 Å². The smallest absolute Gasteiger partial charge is 0.103 e. The van der Waals surface area contributed by atoms with Gasteiger partial charge in [-0.3, -0.25) is 0 Å². The van der Waals surface area contributed by atoms with Gasteiger partial charge < -0.3 is 5.32 Å². The fourth-order valence-corrected chi connectivity index (χ4v) is 4.18. The molecule has 0 unspecified atom stereocenters. The summed E-state index contributed by atoms with van der Waals surface area (Å²) in [6.45, 7) is 8.46. The van der Waals surface area contributed by atoms with Crippen LogP contribution in [0.25, 0.3) is 0 Å². The molecule has 0 amide bonds. The molecule has 0 atom stereocenters. The van der Waals surface area contributed by atoms with Crippen LogP contribution in [-0.4, -0.2) is 11.5 Å². The van der Waals surface area contributed by atoms with Gasteiger partial charge in [-0.2, -0.15) is 0 Å². The Hall–Kier alpha value is -0.550. The molecule has 1 aromatic heterocycles. The number of nitrogens with one attached hydrogen (secondary N) is 1. The lowest BCUT2D eigenvalue weighted by Gasteiger charge is -2.04. The zero-order valence-electron chi connectivity index (χ0n) is 12.6. The molecule has 2 aromatic rings. The molecule has 0 aliphatic heterocycles. The predicted molar refractivity (Wildman–Crippen MR) is 94.6 cm³/mol. The highest BCUT2D eigenvalue weighted by Crippen LogP contribution is 2.30. The predicted octanol–water partition coefficient (Wildman–Crippen LogP) is 5.32. The van der Waals surface area contributed by atoms with Crippen LogP contribution in [0.2, 0.25) is 5.02 Å². The summed E-state index contributed by atoms with van der Waals surface area (Å²) in [6.07, 6.45) is 0. The Morgan fingerprint density at radius 2 is 2.00 bits per heavy atom. The van der Waals surface area contributed by atoms with E-state index in [0.29, 0.717) is 5.92 Å². The molecule has 21 heavy (non-hydrogen) atoms. The second-order valence-corrected chi connectivity index (χ2v) is 7.75. The van der Waals surface area contributed by atoms with E-state index in [1.165, 1.54) is 20.5 Å². The monoisotopic (exact) mass is 340 g/mol. The van der Waals surface area contributed by atoms with E-state index in [0.717, 1.165) is 23.9 Å². The first kappa shape index (κ1) is 16.8. The number of halogens is 1. The Bertz CT molecular complexity index is 564. The second kappa shape index (κ2) is 8.18. The fraction of sp³-hybridized carbons (Fsp3) is 0.438. The van der Waals surface area contributed by atoms with E-state index in [9.17, 15) is 0 Å². The van der Waals surface area contributed by atoms with Crippen molar-refractivity contribution in [3.8, 4) is 0 Å². The zero-order chi connectivity index (χ0) is 15.2. The fourth-order valence-electron chi connectivity index (χ4n) is 1.97. The van der Waals surface area contributed by atoms with Gasteiger partial charge in [0.25, 0.3) is 0 Å². The van der Waals surface area contributed by atoms with Crippen molar-refractivity contribution >= 4 is 34.7 Å². The molecule has 2 nitrogen and oxygen atoms in total. The number of thioether (sulfide) groups is 1. The average Bonchev–Trinajstić information content (AvgIpc) is 2.88. The minimum atomic E-state index is 0.476.